The highest BCUT2D eigenvalue weighted by Crippen LogP contribution is 2.43. The number of aliphatic hydroxyl groups is 2. The van der Waals surface area contributed by atoms with Gasteiger partial charge in [0.15, 0.2) is 0 Å². The van der Waals surface area contributed by atoms with E-state index in [0.717, 1.165) is 51.4 Å². The lowest BCUT2D eigenvalue weighted by atomic mass is 10.0. The van der Waals surface area contributed by atoms with Crippen LogP contribution in [0.15, 0.2) is 24.3 Å². The number of nitrogens with one attached hydrogen (secondary N) is 1. The minimum Gasteiger partial charge on any atom is -0.393 e. The van der Waals surface area contributed by atoms with E-state index in [1.807, 2.05) is 6.08 Å². The van der Waals surface area contributed by atoms with E-state index in [9.17, 15) is 24.5 Å². The Morgan fingerprint density at radius 1 is 0.642 bits per heavy atom. The molecule has 0 rings (SSSR count). The molecule has 53 heavy (non-hydrogen) atoms. The quantitative estimate of drug-likeness (QED) is 0.0234. The van der Waals surface area contributed by atoms with Crippen molar-refractivity contribution in [2.45, 2.75) is 225 Å². The summed E-state index contributed by atoms with van der Waals surface area (Å²) in [6.45, 7) is 3.97. The maximum atomic E-state index is 12.8. The molecule has 9 nitrogen and oxygen atoms in total. The topological polar surface area (TPSA) is 151 Å². The van der Waals surface area contributed by atoms with Crippen molar-refractivity contribution in [1.82, 2.24) is 5.32 Å². The summed E-state index contributed by atoms with van der Waals surface area (Å²) >= 11 is 0. The van der Waals surface area contributed by atoms with Crippen molar-refractivity contribution in [3.05, 3.63) is 24.3 Å². The average Bonchev–Trinajstić information content (AvgIpc) is 3.13. The lowest BCUT2D eigenvalue weighted by Gasteiger charge is -2.24. The third-order valence-electron chi connectivity index (χ3n) is 9.83. The third-order valence-corrected chi connectivity index (χ3v) is 10.8. The molecule has 0 aliphatic carbocycles. The second-order valence-electron chi connectivity index (χ2n) is 15.1. The maximum absolute atomic E-state index is 12.8. The van der Waals surface area contributed by atoms with Crippen molar-refractivity contribution < 1.29 is 33.5 Å². The Morgan fingerprint density at radius 2 is 1.06 bits per heavy atom. The Morgan fingerprint density at radius 3 is 1.51 bits per heavy atom. The fourth-order valence-corrected chi connectivity index (χ4v) is 7.22. The molecule has 1 amide bonds. The molecule has 0 radical (unpaired) electrons. The first-order valence-electron chi connectivity index (χ1n) is 22.0. The van der Waals surface area contributed by atoms with E-state index in [2.05, 4.69) is 31.3 Å². The van der Waals surface area contributed by atoms with Gasteiger partial charge in [-0.05, 0) is 44.9 Å². The van der Waals surface area contributed by atoms with Crippen LogP contribution >= 0.6 is 7.82 Å². The number of phosphoric acid groups is 1. The highest BCUT2D eigenvalue weighted by atomic mass is 31.2. The summed E-state index contributed by atoms with van der Waals surface area (Å²) in [6, 6.07) is -0.984. The molecule has 0 aromatic heterocycles. The molecule has 0 aliphatic rings. The van der Waals surface area contributed by atoms with E-state index in [4.69, 9.17) is 14.8 Å². The summed E-state index contributed by atoms with van der Waals surface area (Å²) in [7, 11) is -4.40. The second-order valence-corrected chi connectivity index (χ2v) is 16.5. The van der Waals surface area contributed by atoms with E-state index >= 15 is 0 Å². The van der Waals surface area contributed by atoms with E-state index < -0.39 is 38.6 Å². The van der Waals surface area contributed by atoms with Gasteiger partial charge in [0.1, 0.15) is 0 Å². The van der Waals surface area contributed by atoms with E-state index in [-0.39, 0.29) is 19.6 Å². The molecule has 0 saturated heterocycles. The third kappa shape index (κ3) is 37.6. The molecule has 0 aliphatic heterocycles. The number of allylic oxidation sites excluding steroid dienone is 3. The van der Waals surface area contributed by atoms with Crippen molar-refractivity contribution in [1.29, 1.82) is 0 Å². The molecule has 0 aromatic carbocycles. The molecule has 0 spiro atoms. The predicted molar refractivity (Wildman–Crippen MR) is 223 cm³/mol. The predicted octanol–water partition coefficient (Wildman–Crippen LogP) is 11.1. The van der Waals surface area contributed by atoms with Gasteiger partial charge < -0.3 is 26.2 Å². The van der Waals surface area contributed by atoms with Gasteiger partial charge in [-0.3, -0.25) is 13.8 Å². The van der Waals surface area contributed by atoms with Gasteiger partial charge in [0.25, 0.3) is 0 Å². The summed E-state index contributed by atoms with van der Waals surface area (Å²) in [5, 5.41) is 24.0. The molecule has 314 valence electrons. The van der Waals surface area contributed by atoms with Crippen LogP contribution in [0.1, 0.15) is 206 Å². The van der Waals surface area contributed by atoms with Gasteiger partial charge in [-0.25, -0.2) is 4.57 Å². The van der Waals surface area contributed by atoms with Crippen LogP contribution in [0.3, 0.4) is 0 Å². The molecule has 4 unspecified atom stereocenters. The smallest absolute Gasteiger partial charge is 0.393 e. The lowest BCUT2D eigenvalue weighted by Crippen LogP contribution is -2.46. The van der Waals surface area contributed by atoms with Crippen LogP contribution in [0, 0.1) is 0 Å². The number of carbonyl (C=O) groups excluding carboxylic acids is 1. The zero-order valence-electron chi connectivity index (χ0n) is 34.4. The summed E-state index contributed by atoms with van der Waals surface area (Å²) in [5.74, 6) is -0.454. The number of carbonyl (C=O) groups is 1. The zero-order chi connectivity index (χ0) is 39.1. The summed E-state index contributed by atoms with van der Waals surface area (Å²) in [4.78, 5) is 22.7. The van der Waals surface area contributed by atoms with Crippen molar-refractivity contribution in [3.8, 4) is 0 Å². The van der Waals surface area contributed by atoms with Crippen molar-refractivity contribution in [3.63, 3.8) is 0 Å². The summed E-state index contributed by atoms with van der Waals surface area (Å²) in [5.41, 5.74) is 5.36. The van der Waals surface area contributed by atoms with Gasteiger partial charge in [-0.2, -0.15) is 0 Å². The van der Waals surface area contributed by atoms with Crippen LogP contribution in [0.5, 0.6) is 0 Å². The first kappa shape index (κ1) is 51.9. The normalized spacial score (nSPS) is 14.9. The molecule has 0 aromatic rings. The second kappa shape index (κ2) is 39.2. The van der Waals surface area contributed by atoms with E-state index in [1.165, 1.54) is 128 Å². The van der Waals surface area contributed by atoms with Crippen molar-refractivity contribution in [2.75, 3.05) is 19.8 Å². The monoisotopic (exact) mass is 773 g/mol. The minimum absolute atomic E-state index is 0.0482. The average molecular weight is 773 g/mol. The van der Waals surface area contributed by atoms with Crippen molar-refractivity contribution in [2.24, 2.45) is 5.73 Å². The van der Waals surface area contributed by atoms with Gasteiger partial charge in [0, 0.05) is 6.54 Å². The highest BCUT2D eigenvalue weighted by molar-refractivity contribution is 7.47. The van der Waals surface area contributed by atoms with Gasteiger partial charge in [-0.15, -0.1) is 0 Å². The standard InChI is InChI=1S/C43H85N2O7P/c1-3-5-7-9-11-13-15-17-19-21-22-24-26-28-30-32-34-40(46)38-43(48)45-41(39-52-53(49,50)51-37-36-44)42(47)35-33-31-29-27-25-23-20-18-16-14-12-10-8-6-4-2/h22,24,33,35,40-42,46-47H,3-21,23,25-32,34,36-39,44H2,1-2H3,(H,45,48)(H,49,50)/b24-22-,35-33+. The Labute approximate surface area is 326 Å². The number of rotatable bonds is 41. The van der Waals surface area contributed by atoms with Gasteiger partial charge >= 0.3 is 7.82 Å². The van der Waals surface area contributed by atoms with Crippen LogP contribution < -0.4 is 11.1 Å². The van der Waals surface area contributed by atoms with E-state index in [1.54, 1.807) is 6.08 Å². The van der Waals surface area contributed by atoms with Crippen LogP contribution in [-0.2, 0) is 18.4 Å². The Bertz CT molecular complexity index is 904. The number of unbranched alkanes of at least 4 members (excludes halogenated alkanes) is 25. The number of hydrogen-bond acceptors (Lipinski definition) is 7. The molecule has 0 heterocycles. The molecule has 0 saturated carbocycles. The lowest BCUT2D eigenvalue weighted by molar-refractivity contribution is -0.124. The Balaban J connectivity index is 4.34. The Hall–Kier alpha value is -1.06. The summed E-state index contributed by atoms with van der Waals surface area (Å²) in [6.07, 6.45) is 41.1. The highest BCUT2D eigenvalue weighted by Gasteiger charge is 2.27. The SMILES string of the molecule is CCCCCCCCCCC/C=C\CCCCCC(O)CC(=O)NC(COP(=O)(O)OCCN)C(O)/C=C/CCCCCCCCCCCCCCC. The summed E-state index contributed by atoms with van der Waals surface area (Å²) < 4.78 is 22.1. The number of amides is 1. The fraction of sp³-hybridized carbons (Fsp3) is 0.884. The van der Waals surface area contributed by atoms with Crippen LogP contribution in [0.25, 0.3) is 0 Å². The number of phosphoric ester groups is 1. The fourth-order valence-electron chi connectivity index (χ4n) is 6.46. The van der Waals surface area contributed by atoms with Crippen LogP contribution in [0.2, 0.25) is 0 Å². The molecule has 6 N–H and O–H groups in total. The van der Waals surface area contributed by atoms with Crippen LogP contribution in [-0.4, -0.2) is 59.0 Å². The largest absolute Gasteiger partial charge is 0.472 e. The molecule has 0 bridgehead atoms. The maximum Gasteiger partial charge on any atom is 0.472 e. The van der Waals surface area contributed by atoms with Gasteiger partial charge in [0.05, 0.1) is 37.9 Å². The molecular formula is C43H85N2O7P. The van der Waals surface area contributed by atoms with E-state index in [0.29, 0.717) is 6.42 Å². The molecule has 0 fully saturated rings. The minimum atomic E-state index is -4.40. The van der Waals surface area contributed by atoms with Crippen molar-refractivity contribution >= 4 is 13.7 Å². The zero-order valence-corrected chi connectivity index (χ0v) is 35.3. The first-order valence-corrected chi connectivity index (χ1v) is 23.5. The van der Waals surface area contributed by atoms with Crippen LogP contribution in [0.4, 0.5) is 0 Å². The van der Waals surface area contributed by atoms with Gasteiger partial charge in [0.2, 0.25) is 5.91 Å². The van der Waals surface area contributed by atoms with Gasteiger partial charge in [-0.1, -0.05) is 179 Å². The molecule has 4 atom stereocenters. The Kier molecular flexibility index (Phi) is 38.4. The number of hydrogen-bond donors (Lipinski definition) is 5. The number of nitrogens with two attached hydrogens (primary N) is 1. The number of aliphatic hydroxyl groups excluding tert-OH is 2. The first-order chi connectivity index (χ1) is 25.8. The molecule has 10 heteroatoms. The molecular weight excluding hydrogens is 687 g/mol.